The number of nitrogens with zero attached hydrogens (tertiary/aromatic N) is 2. The van der Waals surface area contributed by atoms with Crippen molar-refractivity contribution in [3.05, 3.63) is 30.2 Å². The highest BCUT2D eigenvalue weighted by atomic mass is 16.4. The van der Waals surface area contributed by atoms with Crippen LogP contribution in [-0.4, -0.2) is 34.5 Å². The van der Waals surface area contributed by atoms with Gasteiger partial charge in [-0.25, -0.2) is 4.79 Å². The number of aromatic nitrogens is 2. The van der Waals surface area contributed by atoms with E-state index >= 15 is 0 Å². The first-order valence-electron chi connectivity index (χ1n) is 8.02. The van der Waals surface area contributed by atoms with E-state index in [0.717, 1.165) is 5.56 Å². The summed E-state index contributed by atoms with van der Waals surface area (Å²) in [6.45, 7) is 6.53. The van der Waals surface area contributed by atoms with Crippen LogP contribution in [0, 0.1) is 5.41 Å². The third-order valence-electron chi connectivity index (χ3n) is 3.68. The van der Waals surface area contributed by atoms with Crippen LogP contribution in [0.15, 0.2) is 28.7 Å². The number of carbonyl (C=O) groups excluding carboxylic acids is 1. The van der Waals surface area contributed by atoms with Crippen LogP contribution in [0.5, 0.6) is 0 Å². The van der Waals surface area contributed by atoms with E-state index in [2.05, 4.69) is 20.8 Å². The number of aryl methyl sites for hydroxylation is 1. The molecule has 0 spiro atoms. The Bertz CT molecular complexity index is 665. The Morgan fingerprint density at radius 3 is 2.54 bits per heavy atom. The van der Waals surface area contributed by atoms with Crippen molar-refractivity contribution < 1.29 is 14.3 Å². The Balaban J connectivity index is 1.90. The van der Waals surface area contributed by atoms with Gasteiger partial charge in [0.25, 0.3) is 0 Å². The van der Waals surface area contributed by atoms with Gasteiger partial charge in [-0.05, 0) is 36.1 Å². The van der Waals surface area contributed by atoms with Crippen LogP contribution in [0.2, 0.25) is 0 Å². The maximum absolute atomic E-state index is 11.9. The molecule has 130 valence electrons. The Morgan fingerprint density at radius 2 is 1.96 bits per heavy atom. The first-order chi connectivity index (χ1) is 11.4. The normalized spacial score (nSPS) is 11.3. The smallest absolute Gasteiger partial charge is 0.319 e. The van der Waals surface area contributed by atoms with E-state index in [1.165, 1.54) is 0 Å². The van der Waals surface area contributed by atoms with E-state index < -0.39 is 0 Å². The van der Waals surface area contributed by atoms with Crippen molar-refractivity contribution in [1.82, 2.24) is 15.5 Å². The molecule has 0 bridgehead atoms. The fourth-order valence-corrected chi connectivity index (χ4v) is 2.10. The largest absolute Gasteiger partial charge is 0.421 e. The molecule has 7 heteroatoms. The summed E-state index contributed by atoms with van der Waals surface area (Å²) in [4.78, 5) is 11.9. The molecule has 0 radical (unpaired) electrons. The van der Waals surface area contributed by atoms with Crippen molar-refractivity contribution in [2.75, 3.05) is 18.5 Å². The summed E-state index contributed by atoms with van der Waals surface area (Å²) in [6, 6.07) is 6.92. The lowest BCUT2D eigenvalue weighted by atomic mass is 9.90. The molecule has 3 N–H and O–H groups in total. The summed E-state index contributed by atoms with van der Waals surface area (Å²) in [6.07, 6.45) is 1.32. The van der Waals surface area contributed by atoms with Gasteiger partial charge < -0.3 is 20.2 Å². The van der Waals surface area contributed by atoms with E-state index in [9.17, 15) is 4.79 Å². The molecular formula is C17H24N4O3. The minimum atomic E-state index is -0.278. The van der Waals surface area contributed by atoms with E-state index in [4.69, 9.17) is 9.52 Å². The molecule has 1 heterocycles. The van der Waals surface area contributed by atoms with Crippen molar-refractivity contribution in [2.45, 2.75) is 33.6 Å². The topological polar surface area (TPSA) is 100 Å². The molecule has 0 aliphatic heterocycles. The highest BCUT2D eigenvalue weighted by Gasteiger charge is 2.18. The van der Waals surface area contributed by atoms with Gasteiger partial charge >= 0.3 is 6.03 Å². The van der Waals surface area contributed by atoms with Gasteiger partial charge in [0.1, 0.15) is 0 Å². The summed E-state index contributed by atoms with van der Waals surface area (Å²) in [7, 11) is 0. The number of benzene rings is 1. The Kier molecular flexibility index (Phi) is 5.92. The molecule has 1 aromatic carbocycles. The summed E-state index contributed by atoms with van der Waals surface area (Å²) < 4.78 is 5.50. The van der Waals surface area contributed by atoms with E-state index in [1.54, 1.807) is 12.1 Å². The Labute approximate surface area is 141 Å². The Morgan fingerprint density at radius 1 is 1.25 bits per heavy atom. The molecule has 1 aromatic heterocycles. The molecule has 24 heavy (non-hydrogen) atoms. The number of amides is 2. The number of aliphatic hydroxyl groups is 1. The van der Waals surface area contributed by atoms with Crippen LogP contribution in [0.3, 0.4) is 0 Å². The molecule has 2 rings (SSSR count). The number of hydrogen-bond acceptors (Lipinski definition) is 5. The van der Waals surface area contributed by atoms with Crippen LogP contribution in [-0.2, 0) is 6.42 Å². The number of nitrogens with one attached hydrogen (secondary N) is 2. The molecule has 0 fully saturated rings. The molecular weight excluding hydrogens is 308 g/mol. The van der Waals surface area contributed by atoms with Gasteiger partial charge in [0.15, 0.2) is 0 Å². The fourth-order valence-electron chi connectivity index (χ4n) is 2.10. The van der Waals surface area contributed by atoms with Crippen LogP contribution in [0.1, 0.15) is 33.1 Å². The second-order valence-corrected chi connectivity index (χ2v) is 6.38. The lowest BCUT2D eigenvalue weighted by Crippen LogP contribution is -2.37. The lowest BCUT2D eigenvalue weighted by molar-refractivity contribution is 0.204. The van der Waals surface area contributed by atoms with Gasteiger partial charge in [0.2, 0.25) is 11.8 Å². The maximum Gasteiger partial charge on any atom is 0.319 e. The second-order valence-electron chi connectivity index (χ2n) is 6.38. The van der Waals surface area contributed by atoms with Crippen LogP contribution < -0.4 is 10.6 Å². The molecule has 0 aliphatic carbocycles. The van der Waals surface area contributed by atoms with E-state index in [0.29, 0.717) is 36.9 Å². The standard InChI is InChI=1S/C17H24N4O3/c1-4-14-20-21-15(24-14)12-5-7-13(8-6-12)19-16(23)18-11-17(2,3)9-10-22/h5-8,22H,4,9-11H2,1-3H3,(H2,18,19,23). The minimum Gasteiger partial charge on any atom is -0.421 e. The molecule has 2 aromatic rings. The first kappa shape index (κ1) is 17.9. The average molecular weight is 332 g/mol. The average Bonchev–Trinajstić information content (AvgIpc) is 3.03. The third-order valence-corrected chi connectivity index (χ3v) is 3.68. The number of urea groups is 1. The van der Waals surface area contributed by atoms with Crippen molar-refractivity contribution in [2.24, 2.45) is 5.41 Å². The van der Waals surface area contributed by atoms with Gasteiger partial charge in [0.05, 0.1) is 0 Å². The lowest BCUT2D eigenvalue weighted by Gasteiger charge is -2.23. The highest BCUT2D eigenvalue weighted by Crippen LogP contribution is 2.21. The van der Waals surface area contributed by atoms with Crippen LogP contribution in [0.25, 0.3) is 11.5 Å². The van der Waals surface area contributed by atoms with Gasteiger partial charge in [-0.1, -0.05) is 20.8 Å². The number of hydrogen-bond donors (Lipinski definition) is 3. The molecule has 0 aliphatic rings. The second kappa shape index (κ2) is 7.92. The summed E-state index contributed by atoms with van der Waals surface area (Å²) in [5.74, 6) is 1.06. The summed E-state index contributed by atoms with van der Waals surface area (Å²) in [5, 5.41) is 22.5. The van der Waals surface area contributed by atoms with E-state index in [-0.39, 0.29) is 18.1 Å². The number of carbonyl (C=O) groups is 1. The van der Waals surface area contributed by atoms with Gasteiger partial charge in [0, 0.05) is 30.8 Å². The quantitative estimate of drug-likeness (QED) is 0.724. The molecule has 0 saturated heterocycles. The van der Waals surface area contributed by atoms with Crippen LogP contribution >= 0.6 is 0 Å². The van der Waals surface area contributed by atoms with Crippen molar-refractivity contribution in [1.29, 1.82) is 0 Å². The molecule has 7 nitrogen and oxygen atoms in total. The van der Waals surface area contributed by atoms with Crippen LogP contribution in [0.4, 0.5) is 10.5 Å². The van der Waals surface area contributed by atoms with Crippen molar-refractivity contribution in [3.8, 4) is 11.5 Å². The number of anilines is 1. The van der Waals surface area contributed by atoms with Gasteiger partial charge in [-0.15, -0.1) is 10.2 Å². The zero-order valence-corrected chi connectivity index (χ0v) is 14.3. The zero-order chi connectivity index (χ0) is 17.6. The zero-order valence-electron chi connectivity index (χ0n) is 14.3. The fraction of sp³-hybridized carbons (Fsp3) is 0.471. The molecule has 2 amide bonds. The maximum atomic E-state index is 11.9. The molecule has 0 atom stereocenters. The predicted octanol–water partition coefficient (Wildman–Crippen LogP) is 2.83. The number of aliphatic hydroxyl groups excluding tert-OH is 1. The van der Waals surface area contributed by atoms with Crippen molar-refractivity contribution >= 4 is 11.7 Å². The first-order valence-corrected chi connectivity index (χ1v) is 8.02. The Hall–Kier alpha value is -2.41. The predicted molar refractivity (Wildman–Crippen MR) is 91.6 cm³/mol. The molecule has 0 saturated carbocycles. The number of rotatable bonds is 7. The highest BCUT2D eigenvalue weighted by molar-refractivity contribution is 5.89. The van der Waals surface area contributed by atoms with Crippen molar-refractivity contribution in [3.63, 3.8) is 0 Å². The SMILES string of the molecule is CCc1nnc(-c2ccc(NC(=O)NCC(C)(C)CCO)cc2)o1. The van der Waals surface area contributed by atoms with Gasteiger partial charge in [-0.3, -0.25) is 0 Å². The molecule has 0 unspecified atom stereocenters. The summed E-state index contributed by atoms with van der Waals surface area (Å²) >= 11 is 0. The van der Waals surface area contributed by atoms with Gasteiger partial charge in [-0.2, -0.15) is 0 Å². The third kappa shape index (κ3) is 5.06. The summed E-state index contributed by atoms with van der Waals surface area (Å²) in [5.41, 5.74) is 1.33. The monoisotopic (exact) mass is 332 g/mol. The van der Waals surface area contributed by atoms with E-state index in [1.807, 2.05) is 32.9 Å². The minimum absolute atomic E-state index is 0.104.